The van der Waals surface area contributed by atoms with Gasteiger partial charge >= 0.3 is 0 Å². The fraction of sp³-hybridized carbons (Fsp3) is 0.600. The molecule has 0 unspecified atom stereocenters. The Hall–Kier alpha value is -1.01. The van der Waals surface area contributed by atoms with Crippen molar-refractivity contribution in [2.45, 2.75) is 49.0 Å². The summed E-state index contributed by atoms with van der Waals surface area (Å²) in [6.07, 6.45) is -0.797. The lowest BCUT2D eigenvalue weighted by Gasteiger charge is -2.30. The van der Waals surface area contributed by atoms with Crippen molar-refractivity contribution < 1.29 is 22.3 Å². The highest BCUT2D eigenvalue weighted by Gasteiger charge is 2.40. The molecule has 1 saturated carbocycles. The van der Waals surface area contributed by atoms with E-state index in [0.717, 1.165) is 25.5 Å². The third kappa shape index (κ3) is 2.38. The molecule has 3 atom stereocenters. The minimum Gasteiger partial charge on any atom is -0.385 e. The molecule has 21 heavy (non-hydrogen) atoms. The lowest BCUT2D eigenvalue weighted by Crippen LogP contribution is -2.19. The number of hydrogen-bond donors (Lipinski definition) is 1. The van der Waals surface area contributed by atoms with Crippen LogP contribution < -0.4 is 0 Å². The second kappa shape index (κ2) is 5.02. The Balaban J connectivity index is 2.13. The molecule has 0 spiro atoms. The van der Waals surface area contributed by atoms with Gasteiger partial charge in [-0.15, -0.1) is 0 Å². The van der Waals surface area contributed by atoms with Crippen molar-refractivity contribution in [2.75, 3.05) is 6.26 Å². The summed E-state index contributed by atoms with van der Waals surface area (Å²) in [6.45, 7) is 0. The Morgan fingerprint density at radius 3 is 2.52 bits per heavy atom. The second-order valence-electron chi connectivity index (χ2n) is 6.08. The van der Waals surface area contributed by atoms with Gasteiger partial charge in [-0.1, -0.05) is 12.5 Å². The topological polar surface area (TPSA) is 54.4 Å². The van der Waals surface area contributed by atoms with Crippen LogP contribution >= 0.6 is 0 Å². The largest absolute Gasteiger partial charge is 0.385 e. The number of benzene rings is 1. The number of halogens is 2. The molecular weight excluding hydrogens is 298 g/mol. The van der Waals surface area contributed by atoms with Gasteiger partial charge < -0.3 is 5.11 Å². The van der Waals surface area contributed by atoms with Crippen molar-refractivity contribution in [1.29, 1.82) is 0 Å². The van der Waals surface area contributed by atoms with E-state index >= 15 is 0 Å². The van der Waals surface area contributed by atoms with Crippen molar-refractivity contribution in [1.82, 2.24) is 0 Å². The first-order valence-corrected chi connectivity index (χ1v) is 9.01. The van der Waals surface area contributed by atoms with Crippen LogP contribution in [0.25, 0.3) is 0 Å². The maximum atomic E-state index is 14.6. The second-order valence-corrected chi connectivity index (χ2v) is 8.06. The molecule has 0 aromatic heterocycles. The first-order chi connectivity index (χ1) is 9.80. The molecule has 1 aromatic carbocycles. The lowest BCUT2D eigenvalue weighted by molar-refractivity contribution is 0.0907. The highest BCUT2D eigenvalue weighted by atomic mass is 32.2. The zero-order valence-electron chi connectivity index (χ0n) is 11.7. The Labute approximate surface area is 122 Å². The molecule has 2 aliphatic rings. The van der Waals surface area contributed by atoms with E-state index in [0.29, 0.717) is 11.1 Å². The van der Waals surface area contributed by atoms with Gasteiger partial charge in [0.15, 0.2) is 9.84 Å². The summed E-state index contributed by atoms with van der Waals surface area (Å²) in [5, 5.41) is 9.95. The Morgan fingerprint density at radius 1 is 1.33 bits per heavy atom. The van der Waals surface area contributed by atoms with E-state index in [4.69, 9.17) is 0 Å². The van der Waals surface area contributed by atoms with Crippen molar-refractivity contribution in [2.24, 2.45) is 5.92 Å². The molecule has 1 aromatic rings. The van der Waals surface area contributed by atoms with Gasteiger partial charge in [0.25, 0.3) is 0 Å². The zero-order chi connectivity index (χ0) is 15.4. The third-order valence-electron chi connectivity index (χ3n) is 4.65. The molecule has 0 saturated heterocycles. The molecule has 1 fully saturated rings. The molecule has 0 amide bonds. The van der Waals surface area contributed by atoms with Gasteiger partial charge in [0.1, 0.15) is 18.4 Å². The van der Waals surface area contributed by atoms with Gasteiger partial charge in [-0.3, -0.25) is 0 Å². The zero-order valence-corrected chi connectivity index (χ0v) is 12.5. The number of aliphatic hydroxyl groups is 1. The smallest absolute Gasteiger partial charge is 0.175 e. The summed E-state index contributed by atoms with van der Waals surface area (Å²) in [5.41, 5.74) is 0.753. The summed E-state index contributed by atoms with van der Waals surface area (Å²) in [5.74, 6) is -0.0750. The van der Waals surface area contributed by atoms with Crippen molar-refractivity contribution >= 4 is 9.84 Å². The van der Waals surface area contributed by atoms with Gasteiger partial charge in [0.2, 0.25) is 0 Å². The van der Waals surface area contributed by atoms with Crippen molar-refractivity contribution in [3.63, 3.8) is 0 Å². The minimum atomic E-state index is -3.59. The first-order valence-electron chi connectivity index (χ1n) is 7.12. The van der Waals surface area contributed by atoms with Crippen LogP contribution in [0.2, 0.25) is 0 Å². The average Bonchev–Trinajstić information content (AvgIpc) is 2.61. The van der Waals surface area contributed by atoms with Crippen molar-refractivity contribution in [3.8, 4) is 0 Å². The molecule has 116 valence electrons. The summed E-state index contributed by atoms with van der Waals surface area (Å²) < 4.78 is 52.0. The monoisotopic (exact) mass is 316 g/mol. The summed E-state index contributed by atoms with van der Waals surface area (Å²) in [6, 6.07) is 2.75. The molecule has 0 heterocycles. The minimum absolute atomic E-state index is 0.0597. The fourth-order valence-corrected chi connectivity index (χ4v) is 4.23. The Kier molecular flexibility index (Phi) is 3.56. The maximum absolute atomic E-state index is 14.6. The van der Waals surface area contributed by atoms with Crippen LogP contribution in [0.3, 0.4) is 0 Å². The number of alkyl halides is 2. The van der Waals surface area contributed by atoms with Crippen LogP contribution in [0.4, 0.5) is 8.78 Å². The quantitative estimate of drug-likeness (QED) is 0.933. The SMILES string of the molecule is CS(=O)(=O)c1ccc([C@@H](F)C2CCC2)c2c1[C@H](O)[C@H](F)C2. The molecule has 1 N–H and O–H groups in total. The van der Waals surface area contributed by atoms with E-state index in [1.54, 1.807) is 0 Å². The van der Waals surface area contributed by atoms with E-state index in [-0.39, 0.29) is 22.8 Å². The predicted molar refractivity (Wildman–Crippen MR) is 74.3 cm³/mol. The number of aliphatic hydroxyl groups excluding tert-OH is 1. The molecule has 2 aliphatic carbocycles. The molecule has 0 aliphatic heterocycles. The highest BCUT2D eigenvalue weighted by Crippen LogP contribution is 2.46. The molecule has 0 bridgehead atoms. The number of fused-ring (bicyclic) bond motifs is 1. The van der Waals surface area contributed by atoms with Gasteiger partial charge in [-0.2, -0.15) is 0 Å². The summed E-state index contributed by atoms with van der Waals surface area (Å²) in [4.78, 5) is -0.0882. The van der Waals surface area contributed by atoms with E-state index in [1.165, 1.54) is 12.1 Å². The van der Waals surface area contributed by atoms with Crippen molar-refractivity contribution in [3.05, 3.63) is 28.8 Å². The molecular formula is C15H18F2O3S. The van der Waals surface area contributed by atoms with Crippen LogP contribution in [-0.4, -0.2) is 26.0 Å². The first kappa shape index (κ1) is 14.9. The molecule has 6 heteroatoms. The fourth-order valence-electron chi connectivity index (χ4n) is 3.27. The summed E-state index contributed by atoms with van der Waals surface area (Å²) in [7, 11) is -3.59. The van der Waals surface area contributed by atoms with E-state index < -0.39 is 28.3 Å². The standard InChI is InChI=1S/C15H18F2O3S/c1-21(19,20)12-6-5-9(14(17)8-3-2-4-8)10-7-11(16)15(18)13(10)12/h5-6,8,11,14-15,18H,2-4,7H2,1H3/t11-,14+,15-/m1/s1. The predicted octanol–water partition coefficient (Wildman–Crippen LogP) is 2.83. The van der Waals surface area contributed by atoms with Crippen LogP contribution in [0.1, 0.15) is 48.2 Å². The molecule has 0 radical (unpaired) electrons. The van der Waals surface area contributed by atoms with Gasteiger partial charge in [0.05, 0.1) is 4.90 Å². The van der Waals surface area contributed by atoms with Gasteiger partial charge in [-0.25, -0.2) is 17.2 Å². The Bertz CT molecular complexity index is 668. The third-order valence-corrected chi connectivity index (χ3v) is 5.81. The van der Waals surface area contributed by atoms with Crippen LogP contribution in [0.15, 0.2) is 17.0 Å². The highest BCUT2D eigenvalue weighted by molar-refractivity contribution is 7.90. The van der Waals surface area contributed by atoms with Crippen LogP contribution in [0, 0.1) is 5.92 Å². The number of sulfone groups is 1. The van der Waals surface area contributed by atoms with E-state index in [2.05, 4.69) is 0 Å². The lowest BCUT2D eigenvalue weighted by atomic mass is 9.78. The molecule has 3 nitrogen and oxygen atoms in total. The van der Waals surface area contributed by atoms with Crippen LogP contribution in [0.5, 0.6) is 0 Å². The van der Waals surface area contributed by atoms with Gasteiger partial charge in [0, 0.05) is 18.2 Å². The average molecular weight is 316 g/mol. The van der Waals surface area contributed by atoms with E-state index in [1.807, 2.05) is 0 Å². The van der Waals surface area contributed by atoms with E-state index in [9.17, 15) is 22.3 Å². The normalized spacial score (nSPS) is 27.2. The maximum Gasteiger partial charge on any atom is 0.175 e. The summed E-state index contributed by atoms with van der Waals surface area (Å²) >= 11 is 0. The van der Waals surface area contributed by atoms with Gasteiger partial charge in [-0.05, 0) is 36.0 Å². The van der Waals surface area contributed by atoms with Crippen LogP contribution in [-0.2, 0) is 16.3 Å². The Morgan fingerprint density at radius 2 is 2.00 bits per heavy atom. The number of rotatable bonds is 3. The molecule has 3 rings (SSSR count). The number of hydrogen-bond acceptors (Lipinski definition) is 3.